The molecule has 0 radical (unpaired) electrons. The molecule has 0 aliphatic carbocycles. The molecule has 0 spiro atoms. The van der Waals surface area contributed by atoms with Gasteiger partial charge in [0.1, 0.15) is 0 Å². The predicted octanol–water partition coefficient (Wildman–Crippen LogP) is 1.80. The molecule has 1 saturated heterocycles. The maximum Gasteiger partial charge on any atom is 0.222 e. The normalized spacial score (nSPS) is 18.0. The van der Waals surface area contributed by atoms with Crippen LogP contribution in [0.5, 0.6) is 5.75 Å². The van der Waals surface area contributed by atoms with Crippen molar-refractivity contribution in [2.75, 3.05) is 26.7 Å². The number of hydrogen-bond donors (Lipinski definition) is 1. The summed E-state index contributed by atoms with van der Waals surface area (Å²) in [7, 11) is 1.84. The summed E-state index contributed by atoms with van der Waals surface area (Å²) in [6, 6.07) is 6.60. The second kappa shape index (κ2) is 7.24. The molecule has 1 aromatic carbocycles. The Bertz CT molecular complexity index is 447. The largest absolute Gasteiger partial charge is 0.491 e. The van der Waals surface area contributed by atoms with Gasteiger partial charge in [0.05, 0.1) is 6.61 Å². The van der Waals surface area contributed by atoms with E-state index < -0.39 is 0 Å². The molecule has 1 heterocycles. The maximum atomic E-state index is 13.3. The van der Waals surface area contributed by atoms with Gasteiger partial charge in [-0.25, -0.2) is 4.39 Å². The van der Waals surface area contributed by atoms with Crippen LogP contribution in [0.3, 0.4) is 0 Å². The van der Waals surface area contributed by atoms with Crippen LogP contribution < -0.4 is 10.1 Å². The van der Waals surface area contributed by atoms with E-state index in [1.807, 2.05) is 11.9 Å². The minimum atomic E-state index is -0.368. The molecule has 1 N–H and O–H groups in total. The van der Waals surface area contributed by atoms with E-state index in [-0.39, 0.29) is 17.5 Å². The molecule has 0 saturated carbocycles. The van der Waals surface area contributed by atoms with Crippen LogP contribution in [0.2, 0.25) is 0 Å². The predicted molar refractivity (Wildman–Crippen MR) is 75.2 cm³/mol. The number of benzene rings is 1. The summed E-state index contributed by atoms with van der Waals surface area (Å²) in [5.41, 5.74) is 0. The number of para-hydroxylation sites is 1. The van der Waals surface area contributed by atoms with Crippen molar-refractivity contribution in [3.63, 3.8) is 0 Å². The fourth-order valence-electron chi connectivity index (χ4n) is 2.32. The van der Waals surface area contributed by atoms with Crippen molar-refractivity contribution in [3.05, 3.63) is 30.1 Å². The zero-order valence-corrected chi connectivity index (χ0v) is 11.8. The Morgan fingerprint density at radius 2 is 2.30 bits per heavy atom. The van der Waals surface area contributed by atoms with Crippen molar-refractivity contribution in [1.29, 1.82) is 0 Å². The van der Waals surface area contributed by atoms with E-state index in [0.29, 0.717) is 25.5 Å². The molecule has 1 fully saturated rings. The van der Waals surface area contributed by atoms with E-state index in [1.54, 1.807) is 18.2 Å². The zero-order valence-electron chi connectivity index (χ0n) is 11.8. The molecule has 0 bridgehead atoms. The molecule has 4 nitrogen and oxygen atoms in total. The number of carbonyl (C=O) groups is 1. The molecule has 5 heteroatoms. The summed E-state index contributed by atoms with van der Waals surface area (Å²) in [4.78, 5) is 13.8. The second-order valence-corrected chi connectivity index (χ2v) is 5.03. The Morgan fingerprint density at radius 1 is 1.50 bits per heavy atom. The van der Waals surface area contributed by atoms with Gasteiger partial charge in [-0.2, -0.15) is 0 Å². The van der Waals surface area contributed by atoms with E-state index in [4.69, 9.17) is 4.74 Å². The van der Waals surface area contributed by atoms with Crippen molar-refractivity contribution in [1.82, 2.24) is 10.2 Å². The third-order valence-electron chi connectivity index (χ3n) is 3.60. The van der Waals surface area contributed by atoms with E-state index >= 15 is 0 Å². The lowest BCUT2D eigenvalue weighted by Gasteiger charge is -2.23. The average Bonchev–Trinajstić information content (AvgIpc) is 2.98. The van der Waals surface area contributed by atoms with Gasteiger partial charge in [0.2, 0.25) is 5.91 Å². The number of carbonyl (C=O) groups excluding carboxylic acids is 1. The van der Waals surface area contributed by atoms with Gasteiger partial charge in [-0.05, 0) is 31.5 Å². The molecule has 1 aliphatic rings. The summed E-state index contributed by atoms with van der Waals surface area (Å²) in [5, 5.41) is 3.24. The first-order chi connectivity index (χ1) is 9.68. The minimum Gasteiger partial charge on any atom is -0.491 e. The van der Waals surface area contributed by atoms with Crippen LogP contribution in [-0.4, -0.2) is 43.6 Å². The Morgan fingerprint density at radius 3 is 3.00 bits per heavy atom. The van der Waals surface area contributed by atoms with Gasteiger partial charge >= 0.3 is 0 Å². The number of nitrogens with one attached hydrogen (secondary N) is 1. The molecule has 1 atom stereocenters. The Labute approximate surface area is 118 Å². The smallest absolute Gasteiger partial charge is 0.222 e. The first kappa shape index (κ1) is 14.8. The quantitative estimate of drug-likeness (QED) is 0.808. The molecule has 20 heavy (non-hydrogen) atoms. The number of hydrogen-bond acceptors (Lipinski definition) is 3. The molecule has 1 aromatic rings. The SMILES string of the molecule is CN(C(=O)CCCOc1ccccc1F)C1CCNC1. The van der Waals surface area contributed by atoms with Crippen LogP contribution in [0.25, 0.3) is 0 Å². The van der Waals surface area contributed by atoms with E-state index in [9.17, 15) is 9.18 Å². The first-order valence-electron chi connectivity index (χ1n) is 7.02. The Balaban J connectivity index is 1.68. The summed E-state index contributed by atoms with van der Waals surface area (Å²) < 4.78 is 18.6. The molecule has 2 rings (SSSR count). The Hall–Kier alpha value is -1.62. The highest BCUT2D eigenvalue weighted by Crippen LogP contribution is 2.16. The fraction of sp³-hybridized carbons (Fsp3) is 0.533. The average molecular weight is 280 g/mol. The molecular formula is C15H21FN2O2. The van der Waals surface area contributed by atoms with E-state index in [0.717, 1.165) is 19.5 Å². The van der Waals surface area contributed by atoms with Crippen molar-refractivity contribution >= 4 is 5.91 Å². The lowest BCUT2D eigenvalue weighted by Crippen LogP contribution is -2.38. The topological polar surface area (TPSA) is 41.6 Å². The van der Waals surface area contributed by atoms with E-state index in [2.05, 4.69) is 5.32 Å². The van der Waals surface area contributed by atoms with Crippen molar-refractivity contribution in [2.24, 2.45) is 0 Å². The monoisotopic (exact) mass is 280 g/mol. The van der Waals surface area contributed by atoms with Gasteiger partial charge in [-0.15, -0.1) is 0 Å². The summed E-state index contributed by atoms with van der Waals surface area (Å²) in [6.07, 6.45) is 2.03. The number of halogens is 1. The number of amides is 1. The molecular weight excluding hydrogens is 259 g/mol. The van der Waals surface area contributed by atoms with Gasteiger partial charge in [-0.3, -0.25) is 4.79 Å². The van der Waals surface area contributed by atoms with Crippen LogP contribution in [0.15, 0.2) is 24.3 Å². The lowest BCUT2D eigenvalue weighted by molar-refractivity contribution is -0.131. The summed E-state index contributed by atoms with van der Waals surface area (Å²) in [6.45, 7) is 2.19. The van der Waals surface area contributed by atoms with Gasteiger partial charge in [0, 0.05) is 26.1 Å². The van der Waals surface area contributed by atoms with Crippen LogP contribution in [0.4, 0.5) is 4.39 Å². The number of likely N-dealkylation sites (N-methyl/N-ethyl adjacent to an activating group) is 1. The number of ether oxygens (including phenoxy) is 1. The Kier molecular flexibility index (Phi) is 5.35. The maximum absolute atomic E-state index is 13.3. The third kappa shape index (κ3) is 3.93. The van der Waals surface area contributed by atoms with Crippen LogP contribution in [-0.2, 0) is 4.79 Å². The van der Waals surface area contributed by atoms with Gasteiger partial charge < -0.3 is 15.0 Å². The fourth-order valence-corrected chi connectivity index (χ4v) is 2.32. The third-order valence-corrected chi connectivity index (χ3v) is 3.60. The number of rotatable bonds is 6. The summed E-state index contributed by atoms with van der Waals surface area (Å²) in [5.74, 6) is -0.00268. The second-order valence-electron chi connectivity index (χ2n) is 5.03. The van der Waals surface area contributed by atoms with E-state index in [1.165, 1.54) is 6.07 Å². The van der Waals surface area contributed by atoms with Gasteiger partial charge in [-0.1, -0.05) is 12.1 Å². The highest BCUT2D eigenvalue weighted by Gasteiger charge is 2.22. The highest BCUT2D eigenvalue weighted by molar-refractivity contribution is 5.76. The zero-order chi connectivity index (χ0) is 14.4. The van der Waals surface area contributed by atoms with Crippen LogP contribution in [0.1, 0.15) is 19.3 Å². The summed E-state index contributed by atoms with van der Waals surface area (Å²) >= 11 is 0. The van der Waals surface area contributed by atoms with Crippen molar-refractivity contribution < 1.29 is 13.9 Å². The standard InChI is InChI=1S/C15H21FN2O2/c1-18(12-8-9-17-11-12)15(19)7-4-10-20-14-6-3-2-5-13(14)16/h2-3,5-6,12,17H,4,7-11H2,1H3. The molecule has 1 amide bonds. The van der Waals surface area contributed by atoms with Crippen LogP contribution >= 0.6 is 0 Å². The number of nitrogens with zero attached hydrogens (tertiary/aromatic N) is 1. The van der Waals surface area contributed by atoms with Crippen LogP contribution in [0, 0.1) is 5.82 Å². The molecule has 110 valence electrons. The van der Waals surface area contributed by atoms with Crippen molar-refractivity contribution in [3.8, 4) is 5.75 Å². The molecule has 1 aliphatic heterocycles. The van der Waals surface area contributed by atoms with Gasteiger partial charge in [0.25, 0.3) is 0 Å². The van der Waals surface area contributed by atoms with Crippen molar-refractivity contribution in [2.45, 2.75) is 25.3 Å². The lowest BCUT2D eigenvalue weighted by atomic mass is 10.2. The molecule has 0 aromatic heterocycles. The highest BCUT2D eigenvalue weighted by atomic mass is 19.1. The molecule has 1 unspecified atom stereocenters. The minimum absolute atomic E-state index is 0.121. The first-order valence-corrected chi connectivity index (χ1v) is 7.02. The van der Waals surface area contributed by atoms with Gasteiger partial charge in [0.15, 0.2) is 11.6 Å².